The number of amides is 1. The summed E-state index contributed by atoms with van der Waals surface area (Å²) < 4.78 is 16.0. The van der Waals surface area contributed by atoms with Crippen LogP contribution < -0.4 is 19.5 Å². The molecule has 0 saturated heterocycles. The molecule has 0 saturated carbocycles. The molecule has 2 N–H and O–H groups in total. The van der Waals surface area contributed by atoms with E-state index in [4.69, 9.17) is 19.3 Å². The average molecular weight is 338 g/mol. The Labute approximate surface area is 140 Å². The molecule has 0 aromatic heterocycles. The number of ether oxygens (including phenoxy) is 3. The molecule has 0 atom stereocenters. The third-order valence-corrected chi connectivity index (χ3v) is 3.45. The molecule has 0 radical (unpaired) electrons. The molecule has 0 bridgehead atoms. The van der Waals surface area contributed by atoms with Gasteiger partial charge in [0.15, 0.2) is 11.5 Å². The first-order valence-corrected chi connectivity index (χ1v) is 7.70. The zero-order valence-electron chi connectivity index (χ0n) is 13.8. The molecule has 132 valence electrons. The van der Waals surface area contributed by atoms with Gasteiger partial charge in [-0.2, -0.15) is 0 Å². The van der Waals surface area contributed by atoms with E-state index >= 15 is 0 Å². The number of rotatable bonds is 9. The average Bonchev–Trinajstić information content (AvgIpc) is 2.98. The van der Waals surface area contributed by atoms with E-state index < -0.39 is 5.97 Å². The van der Waals surface area contributed by atoms with Crippen LogP contribution in [0.3, 0.4) is 0 Å². The molecule has 0 spiro atoms. The minimum atomic E-state index is -0.956. The van der Waals surface area contributed by atoms with E-state index in [-0.39, 0.29) is 31.8 Å². The maximum atomic E-state index is 11.9. The van der Waals surface area contributed by atoms with Crippen LogP contribution in [-0.2, 0) is 9.59 Å². The van der Waals surface area contributed by atoms with Crippen molar-refractivity contribution in [2.75, 3.05) is 33.0 Å². The Morgan fingerprint density at radius 3 is 2.75 bits per heavy atom. The highest BCUT2D eigenvalue weighted by atomic mass is 16.7. The summed E-state index contributed by atoms with van der Waals surface area (Å²) in [6, 6.07) is 5.24. The number of nitrogens with zero attached hydrogens (tertiary/aromatic N) is 1. The normalized spacial score (nSPS) is 12.5. The fourth-order valence-corrected chi connectivity index (χ4v) is 2.16. The molecule has 8 heteroatoms. The Morgan fingerprint density at radius 2 is 2.04 bits per heavy atom. The molecule has 1 aliphatic rings. The number of aliphatic carboxylic acids is 1. The molecule has 0 unspecified atom stereocenters. The summed E-state index contributed by atoms with van der Waals surface area (Å²) in [5, 5.41) is 11.5. The van der Waals surface area contributed by atoms with Crippen molar-refractivity contribution < 1.29 is 28.9 Å². The summed E-state index contributed by atoms with van der Waals surface area (Å²) in [6.45, 7) is 4.39. The maximum Gasteiger partial charge on any atom is 0.317 e. The van der Waals surface area contributed by atoms with Crippen LogP contribution in [0.2, 0.25) is 0 Å². The number of fused-ring (bicyclic) bond motifs is 1. The molecule has 1 aliphatic heterocycles. The number of carbonyl (C=O) groups excluding carboxylic acids is 1. The van der Waals surface area contributed by atoms with Gasteiger partial charge in [0.2, 0.25) is 12.7 Å². The second-order valence-corrected chi connectivity index (χ2v) is 5.61. The Hall–Kier alpha value is -2.48. The number of nitrogens with one attached hydrogen (secondary N) is 1. The molecule has 1 aromatic carbocycles. The van der Waals surface area contributed by atoms with Crippen LogP contribution >= 0.6 is 0 Å². The molecular weight excluding hydrogens is 316 g/mol. The van der Waals surface area contributed by atoms with Crippen molar-refractivity contribution in [1.82, 2.24) is 10.2 Å². The van der Waals surface area contributed by atoms with Crippen LogP contribution in [0.15, 0.2) is 18.2 Å². The Kier molecular flexibility index (Phi) is 6.25. The van der Waals surface area contributed by atoms with Crippen molar-refractivity contribution in [3.8, 4) is 17.2 Å². The third-order valence-electron chi connectivity index (χ3n) is 3.45. The fraction of sp³-hybridized carbons (Fsp3) is 0.500. The summed E-state index contributed by atoms with van der Waals surface area (Å²) in [7, 11) is 0. The van der Waals surface area contributed by atoms with Gasteiger partial charge >= 0.3 is 5.97 Å². The summed E-state index contributed by atoms with van der Waals surface area (Å²) >= 11 is 0. The molecule has 1 aromatic rings. The summed E-state index contributed by atoms with van der Waals surface area (Å²) in [5.41, 5.74) is 0. The molecule has 0 aliphatic carbocycles. The van der Waals surface area contributed by atoms with Crippen LogP contribution in [-0.4, -0.2) is 61.0 Å². The number of carbonyl (C=O) groups is 2. The van der Waals surface area contributed by atoms with Gasteiger partial charge < -0.3 is 24.6 Å². The Balaban J connectivity index is 1.69. The monoisotopic (exact) mass is 338 g/mol. The smallest absolute Gasteiger partial charge is 0.317 e. The Bertz CT molecular complexity index is 590. The maximum absolute atomic E-state index is 11.9. The highest BCUT2D eigenvalue weighted by molar-refractivity contribution is 5.79. The standard InChI is InChI=1S/C16H22N2O6/c1-11(2)18(9-16(20)21)8-15(19)17-5-6-22-12-3-4-13-14(7-12)24-10-23-13/h3-4,7,11H,5-6,8-10H2,1-2H3,(H,17,19)(H,20,21). The van der Waals surface area contributed by atoms with Crippen molar-refractivity contribution in [1.29, 1.82) is 0 Å². The van der Waals surface area contributed by atoms with Crippen LogP contribution in [0.1, 0.15) is 13.8 Å². The lowest BCUT2D eigenvalue weighted by atomic mass is 10.3. The van der Waals surface area contributed by atoms with Crippen molar-refractivity contribution in [3.05, 3.63) is 18.2 Å². The lowest BCUT2D eigenvalue weighted by Gasteiger charge is -2.23. The van der Waals surface area contributed by atoms with Crippen molar-refractivity contribution in [2.45, 2.75) is 19.9 Å². The Morgan fingerprint density at radius 1 is 1.29 bits per heavy atom. The number of benzene rings is 1. The predicted molar refractivity (Wildman–Crippen MR) is 85.4 cm³/mol. The van der Waals surface area contributed by atoms with Crippen LogP contribution in [0, 0.1) is 0 Å². The van der Waals surface area contributed by atoms with Gasteiger partial charge in [-0.3, -0.25) is 14.5 Å². The van der Waals surface area contributed by atoms with Crippen molar-refractivity contribution in [3.63, 3.8) is 0 Å². The van der Waals surface area contributed by atoms with E-state index in [2.05, 4.69) is 5.32 Å². The number of hydrogen-bond acceptors (Lipinski definition) is 6. The first-order valence-electron chi connectivity index (χ1n) is 7.70. The van der Waals surface area contributed by atoms with Gasteiger partial charge in [-0.15, -0.1) is 0 Å². The van der Waals surface area contributed by atoms with Gasteiger partial charge in [0.1, 0.15) is 12.4 Å². The molecule has 1 heterocycles. The van der Waals surface area contributed by atoms with Crippen molar-refractivity contribution in [2.24, 2.45) is 0 Å². The zero-order valence-corrected chi connectivity index (χ0v) is 13.8. The number of hydrogen-bond donors (Lipinski definition) is 2. The lowest BCUT2D eigenvalue weighted by Crippen LogP contribution is -2.44. The van der Waals surface area contributed by atoms with Crippen molar-refractivity contribution >= 4 is 11.9 Å². The van der Waals surface area contributed by atoms with Gasteiger partial charge in [0.05, 0.1) is 19.6 Å². The van der Waals surface area contributed by atoms with Gasteiger partial charge in [0.25, 0.3) is 0 Å². The molecule has 24 heavy (non-hydrogen) atoms. The fourth-order valence-electron chi connectivity index (χ4n) is 2.16. The number of carboxylic acid groups (broad SMARTS) is 1. The molecule has 0 fully saturated rings. The van der Waals surface area contributed by atoms with Gasteiger partial charge in [-0.05, 0) is 26.0 Å². The van der Waals surface area contributed by atoms with Crippen LogP contribution in [0.5, 0.6) is 17.2 Å². The highest BCUT2D eigenvalue weighted by Crippen LogP contribution is 2.34. The minimum Gasteiger partial charge on any atom is -0.492 e. The topological polar surface area (TPSA) is 97.3 Å². The molecule has 1 amide bonds. The minimum absolute atomic E-state index is 0.0308. The molecule has 2 rings (SSSR count). The predicted octanol–water partition coefficient (Wildman–Crippen LogP) is 0.705. The largest absolute Gasteiger partial charge is 0.492 e. The van der Waals surface area contributed by atoms with Gasteiger partial charge in [0, 0.05) is 12.1 Å². The first kappa shape index (κ1) is 17.9. The lowest BCUT2D eigenvalue weighted by molar-refractivity contribution is -0.139. The zero-order chi connectivity index (χ0) is 17.5. The van der Waals surface area contributed by atoms with E-state index in [0.29, 0.717) is 30.4 Å². The highest BCUT2D eigenvalue weighted by Gasteiger charge is 2.17. The van der Waals surface area contributed by atoms with E-state index in [9.17, 15) is 9.59 Å². The van der Waals surface area contributed by atoms with Gasteiger partial charge in [-0.25, -0.2) is 0 Å². The van der Waals surface area contributed by atoms with E-state index in [0.717, 1.165) is 0 Å². The third kappa shape index (κ3) is 5.31. The van der Waals surface area contributed by atoms with E-state index in [1.807, 2.05) is 13.8 Å². The van der Waals surface area contributed by atoms with Gasteiger partial charge in [-0.1, -0.05) is 0 Å². The van der Waals surface area contributed by atoms with E-state index in [1.165, 1.54) is 0 Å². The SMILES string of the molecule is CC(C)N(CC(=O)O)CC(=O)NCCOc1ccc2c(c1)OCO2. The number of carboxylic acids is 1. The second-order valence-electron chi connectivity index (χ2n) is 5.61. The van der Waals surface area contributed by atoms with Crippen LogP contribution in [0.4, 0.5) is 0 Å². The summed E-state index contributed by atoms with van der Waals surface area (Å²) in [4.78, 5) is 24.2. The molecular formula is C16H22N2O6. The first-order chi connectivity index (χ1) is 11.5. The quantitative estimate of drug-likeness (QED) is 0.640. The summed E-state index contributed by atoms with van der Waals surface area (Å²) in [6.07, 6.45) is 0. The summed E-state index contributed by atoms with van der Waals surface area (Å²) in [5.74, 6) is 0.755. The van der Waals surface area contributed by atoms with E-state index in [1.54, 1.807) is 23.1 Å². The molecule has 8 nitrogen and oxygen atoms in total. The van der Waals surface area contributed by atoms with Crippen LogP contribution in [0.25, 0.3) is 0 Å². The second kappa shape index (κ2) is 8.39.